The number of pyridine rings is 1. The van der Waals surface area contributed by atoms with Crippen LogP contribution in [0.4, 0.5) is 5.82 Å². The van der Waals surface area contributed by atoms with Crippen molar-refractivity contribution < 1.29 is 0 Å². The van der Waals surface area contributed by atoms with Crippen LogP contribution in [0.1, 0.15) is 18.4 Å². The standard InChI is InChI=1S/C10H13N2/c1-9-5-4-6-11-10(9)12-7-2-3-8-12/h4-7H,2-3,8H2,1H3. The Labute approximate surface area is 73.2 Å². The van der Waals surface area contributed by atoms with Crippen molar-refractivity contribution in [2.24, 2.45) is 0 Å². The Balaban J connectivity index is 2.26. The quantitative estimate of drug-likeness (QED) is 0.627. The number of hydrogen-bond donors (Lipinski definition) is 0. The molecule has 1 aromatic heterocycles. The fourth-order valence-electron chi connectivity index (χ4n) is 1.57. The van der Waals surface area contributed by atoms with Gasteiger partial charge in [0.25, 0.3) is 0 Å². The third kappa shape index (κ3) is 1.29. The highest BCUT2D eigenvalue weighted by Crippen LogP contribution is 2.22. The van der Waals surface area contributed by atoms with Gasteiger partial charge in [0, 0.05) is 12.7 Å². The Hall–Kier alpha value is -1.05. The summed E-state index contributed by atoms with van der Waals surface area (Å²) < 4.78 is 0. The van der Waals surface area contributed by atoms with E-state index in [2.05, 4.69) is 29.4 Å². The van der Waals surface area contributed by atoms with E-state index in [1.807, 2.05) is 12.3 Å². The number of hydrogen-bond acceptors (Lipinski definition) is 2. The zero-order valence-corrected chi connectivity index (χ0v) is 7.33. The van der Waals surface area contributed by atoms with Gasteiger partial charge in [-0.05, 0) is 31.4 Å². The molecule has 2 nitrogen and oxygen atoms in total. The van der Waals surface area contributed by atoms with Crippen molar-refractivity contribution in [2.45, 2.75) is 19.8 Å². The number of rotatable bonds is 1. The molecule has 2 heteroatoms. The molecule has 0 unspecified atom stereocenters. The van der Waals surface area contributed by atoms with E-state index in [0.29, 0.717) is 0 Å². The molecule has 0 aromatic carbocycles. The molecule has 12 heavy (non-hydrogen) atoms. The van der Waals surface area contributed by atoms with Gasteiger partial charge >= 0.3 is 0 Å². The maximum absolute atomic E-state index is 4.35. The molecule has 1 saturated heterocycles. The lowest BCUT2D eigenvalue weighted by molar-refractivity contribution is 0.940. The Kier molecular flexibility index (Phi) is 1.98. The van der Waals surface area contributed by atoms with E-state index in [4.69, 9.17) is 0 Å². The van der Waals surface area contributed by atoms with Gasteiger partial charge < -0.3 is 4.90 Å². The van der Waals surface area contributed by atoms with Crippen molar-refractivity contribution in [1.82, 2.24) is 4.98 Å². The van der Waals surface area contributed by atoms with Gasteiger partial charge in [0.05, 0.1) is 6.54 Å². The Morgan fingerprint density at radius 2 is 2.42 bits per heavy atom. The highest BCUT2D eigenvalue weighted by atomic mass is 15.2. The van der Waals surface area contributed by atoms with Crippen LogP contribution in [0.2, 0.25) is 0 Å². The molecule has 1 radical (unpaired) electrons. The number of anilines is 1. The second-order valence-corrected chi connectivity index (χ2v) is 3.16. The van der Waals surface area contributed by atoms with E-state index in [1.165, 1.54) is 18.4 Å². The van der Waals surface area contributed by atoms with Gasteiger partial charge in [0.15, 0.2) is 0 Å². The van der Waals surface area contributed by atoms with Crippen molar-refractivity contribution in [2.75, 3.05) is 11.4 Å². The molecule has 1 fully saturated rings. The summed E-state index contributed by atoms with van der Waals surface area (Å²) in [5.74, 6) is 1.12. The van der Waals surface area contributed by atoms with E-state index in [-0.39, 0.29) is 0 Å². The topological polar surface area (TPSA) is 16.1 Å². The average Bonchev–Trinajstić information content (AvgIpc) is 2.57. The van der Waals surface area contributed by atoms with Gasteiger partial charge in [-0.3, -0.25) is 0 Å². The molecule has 0 spiro atoms. The smallest absolute Gasteiger partial charge is 0.131 e. The van der Waals surface area contributed by atoms with Crippen molar-refractivity contribution >= 4 is 5.82 Å². The minimum atomic E-state index is 1.12. The Bertz CT molecular complexity index is 264. The van der Waals surface area contributed by atoms with Crippen molar-refractivity contribution in [3.05, 3.63) is 30.4 Å². The van der Waals surface area contributed by atoms with E-state index in [0.717, 1.165) is 12.4 Å². The number of aryl methyl sites for hydroxylation is 1. The molecule has 0 saturated carbocycles. The van der Waals surface area contributed by atoms with Crippen LogP contribution >= 0.6 is 0 Å². The van der Waals surface area contributed by atoms with E-state index >= 15 is 0 Å². The van der Waals surface area contributed by atoms with Crippen LogP contribution in [0.5, 0.6) is 0 Å². The molecular formula is C10H13N2. The summed E-state index contributed by atoms with van der Waals surface area (Å²) in [7, 11) is 0. The summed E-state index contributed by atoms with van der Waals surface area (Å²) in [5, 5.41) is 0. The SMILES string of the molecule is Cc1cccnc1N1[CH]CCC1. The van der Waals surface area contributed by atoms with E-state index < -0.39 is 0 Å². The summed E-state index contributed by atoms with van der Waals surface area (Å²) in [6.45, 7) is 5.46. The molecule has 0 atom stereocenters. The highest BCUT2D eigenvalue weighted by Gasteiger charge is 2.14. The third-order valence-electron chi connectivity index (χ3n) is 2.21. The molecule has 0 bridgehead atoms. The largest absolute Gasteiger partial charge is 0.351 e. The van der Waals surface area contributed by atoms with Crippen LogP contribution in [0.25, 0.3) is 0 Å². The normalized spacial score (nSPS) is 16.9. The first-order valence-electron chi connectivity index (χ1n) is 4.39. The van der Waals surface area contributed by atoms with Gasteiger partial charge in [-0.1, -0.05) is 6.07 Å². The second kappa shape index (κ2) is 3.13. The van der Waals surface area contributed by atoms with Gasteiger partial charge in [0.1, 0.15) is 5.82 Å². The van der Waals surface area contributed by atoms with Crippen molar-refractivity contribution in [3.63, 3.8) is 0 Å². The first-order chi connectivity index (χ1) is 5.88. The molecule has 2 heterocycles. The zero-order chi connectivity index (χ0) is 8.39. The molecule has 0 aliphatic carbocycles. The molecule has 1 aromatic rings. The lowest BCUT2D eigenvalue weighted by atomic mass is 10.3. The predicted molar refractivity (Wildman–Crippen MR) is 49.9 cm³/mol. The fourth-order valence-corrected chi connectivity index (χ4v) is 1.57. The van der Waals surface area contributed by atoms with E-state index in [1.54, 1.807) is 0 Å². The Morgan fingerprint density at radius 1 is 1.50 bits per heavy atom. The molecule has 0 amide bonds. The number of aromatic nitrogens is 1. The molecule has 1 aliphatic rings. The first kappa shape index (κ1) is 7.59. The van der Waals surface area contributed by atoms with Gasteiger partial charge in [0.2, 0.25) is 0 Å². The van der Waals surface area contributed by atoms with Crippen LogP contribution in [0, 0.1) is 13.5 Å². The van der Waals surface area contributed by atoms with Crippen molar-refractivity contribution in [3.8, 4) is 0 Å². The minimum absolute atomic E-state index is 1.12. The van der Waals surface area contributed by atoms with Crippen LogP contribution in [-0.4, -0.2) is 11.5 Å². The predicted octanol–water partition coefficient (Wildman–Crippen LogP) is 2.15. The lowest BCUT2D eigenvalue weighted by Crippen LogP contribution is -2.16. The minimum Gasteiger partial charge on any atom is -0.351 e. The van der Waals surface area contributed by atoms with Crippen molar-refractivity contribution in [1.29, 1.82) is 0 Å². The molecule has 0 N–H and O–H groups in total. The zero-order valence-electron chi connectivity index (χ0n) is 7.33. The van der Waals surface area contributed by atoms with Crippen LogP contribution in [0.3, 0.4) is 0 Å². The molecule has 2 rings (SSSR count). The molecule has 63 valence electrons. The fraction of sp³-hybridized carbons (Fsp3) is 0.400. The van der Waals surface area contributed by atoms with Gasteiger partial charge in [-0.15, -0.1) is 0 Å². The average molecular weight is 161 g/mol. The number of nitrogens with zero attached hydrogens (tertiary/aromatic N) is 2. The summed E-state index contributed by atoms with van der Waals surface area (Å²) >= 11 is 0. The second-order valence-electron chi connectivity index (χ2n) is 3.16. The molecular weight excluding hydrogens is 148 g/mol. The van der Waals surface area contributed by atoms with Gasteiger partial charge in [-0.2, -0.15) is 0 Å². The van der Waals surface area contributed by atoms with Crippen LogP contribution < -0.4 is 4.90 Å². The maximum atomic E-state index is 4.35. The van der Waals surface area contributed by atoms with Gasteiger partial charge in [-0.25, -0.2) is 4.98 Å². The summed E-state index contributed by atoms with van der Waals surface area (Å²) in [6.07, 6.45) is 4.31. The first-order valence-corrected chi connectivity index (χ1v) is 4.39. The Morgan fingerprint density at radius 3 is 3.08 bits per heavy atom. The molecule has 1 aliphatic heterocycles. The third-order valence-corrected chi connectivity index (χ3v) is 2.21. The lowest BCUT2D eigenvalue weighted by Gasteiger charge is -2.17. The monoisotopic (exact) mass is 161 g/mol. The summed E-state index contributed by atoms with van der Waals surface area (Å²) in [5.41, 5.74) is 1.26. The summed E-state index contributed by atoms with van der Waals surface area (Å²) in [6, 6.07) is 4.09. The maximum Gasteiger partial charge on any atom is 0.131 e. The van der Waals surface area contributed by atoms with Crippen LogP contribution in [-0.2, 0) is 0 Å². The van der Waals surface area contributed by atoms with E-state index in [9.17, 15) is 0 Å². The summed E-state index contributed by atoms with van der Waals surface area (Å²) in [4.78, 5) is 6.60. The highest BCUT2D eigenvalue weighted by molar-refractivity contribution is 5.48. The van der Waals surface area contributed by atoms with Crippen LogP contribution in [0.15, 0.2) is 18.3 Å².